The summed E-state index contributed by atoms with van der Waals surface area (Å²) in [7, 11) is 3.84. The van der Waals surface area contributed by atoms with Gasteiger partial charge in [0.25, 0.3) is 0 Å². The van der Waals surface area contributed by atoms with E-state index >= 15 is 0 Å². The molecular weight excluding hydrogens is 516 g/mol. The molecule has 0 atom stereocenters. The van der Waals surface area contributed by atoms with E-state index in [9.17, 15) is 5.11 Å². The number of phenols is 1. The molecule has 7 rings (SSSR count). The van der Waals surface area contributed by atoms with Crippen LogP contribution in [0.25, 0.3) is 33.3 Å². The molecule has 0 spiro atoms. The summed E-state index contributed by atoms with van der Waals surface area (Å²) in [5.74, 6) is 1.05. The molecule has 1 aliphatic rings. The van der Waals surface area contributed by atoms with Crippen LogP contribution in [0.3, 0.4) is 0 Å². The first-order chi connectivity index (χ1) is 20.3. The predicted molar refractivity (Wildman–Crippen MR) is 173 cm³/mol. The Hall–Kier alpha value is -5.16. The third-order valence-corrected chi connectivity index (χ3v) is 8.40. The first-order valence-electron chi connectivity index (χ1n) is 14.2. The number of benzene rings is 4. The molecule has 0 amide bonds. The maximum absolute atomic E-state index is 11.1. The zero-order valence-corrected chi connectivity index (χ0v) is 24.2. The number of para-hydroxylation sites is 1. The summed E-state index contributed by atoms with van der Waals surface area (Å²) in [5.41, 5.74) is 9.82. The molecule has 6 aromatic rings. The zero-order valence-electron chi connectivity index (χ0n) is 24.2. The van der Waals surface area contributed by atoms with E-state index in [1.807, 2.05) is 55.5 Å². The SMILES string of the molecule is CN(C)c1ccc2ccc(-c3ccc4c(c3)N(c3cc(-c5ccccc5)ccn3)c3ccccc3C4(C)C)nc2c1O. The lowest BCUT2D eigenvalue weighted by Crippen LogP contribution is -2.31. The van der Waals surface area contributed by atoms with Crippen LogP contribution in [0.4, 0.5) is 22.9 Å². The molecule has 0 radical (unpaired) electrons. The minimum atomic E-state index is -0.215. The van der Waals surface area contributed by atoms with Crippen LogP contribution in [-0.4, -0.2) is 29.2 Å². The fourth-order valence-corrected chi connectivity index (χ4v) is 6.16. The van der Waals surface area contributed by atoms with Gasteiger partial charge in [0.1, 0.15) is 11.3 Å². The van der Waals surface area contributed by atoms with Crippen molar-refractivity contribution in [2.45, 2.75) is 19.3 Å². The van der Waals surface area contributed by atoms with Crippen molar-refractivity contribution in [1.29, 1.82) is 0 Å². The van der Waals surface area contributed by atoms with E-state index in [1.165, 1.54) is 11.1 Å². The number of aromatic hydroxyl groups is 1. The quantitative estimate of drug-likeness (QED) is 0.238. The van der Waals surface area contributed by atoms with Gasteiger partial charge in [0, 0.05) is 36.7 Å². The number of pyridine rings is 2. The summed E-state index contributed by atoms with van der Waals surface area (Å²) in [6, 6.07) is 37.8. The predicted octanol–water partition coefficient (Wildman–Crippen LogP) is 8.84. The Morgan fingerprint density at radius 3 is 2.24 bits per heavy atom. The van der Waals surface area contributed by atoms with Crippen LogP contribution < -0.4 is 9.80 Å². The van der Waals surface area contributed by atoms with E-state index in [-0.39, 0.29) is 11.2 Å². The van der Waals surface area contributed by atoms with Crippen molar-refractivity contribution in [3.63, 3.8) is 0 Å². The number of hydrogen-bond donors (Lipinski definition) is 1. The highest BCUT2D eigenvalue weighted by molar-refractivity contribution is 5.93. The van der Waals surface area contributed by atoms with Crippen LogP contribution >= 0.6 is 0 Å². The molecule has 0 saturated heterocycles. The monoisotopic (exact) mass is 548 g/mol. The number of aromatic nitrogens is 2. The van der Waals surface area contributed by atoms with Gasteiger partial charge in [-0.1, -0.05) is 86.6 Å². The Bertz CT molecular complexity index is 1960. The maximum atomic E-state index is 11.1. The molecule has 0 aliphatic carbocycles. The maximum Gasteiger partial charge on any atom is 0.165 e. The topological polar surface area (TPSA) is 52.5 Å². The van der Waals surface area contributed by atoms with Gasteiger partial charge >= 0.3 is 0 Å². The van der Waals surface area contributed by atoms with Crippen molar-refractivity contribution < 1.29 is 5.11 Å². The van der Waals surface area contributed by atoms with Gasteiger partial charge in [-0.05, 0) is 58.7 Å². The number of anilines is 4. The van der Waals surface area contributed by atoms with Crippen LogP contribution in [0.15, 0.2) is 115 Å². The highest BCUT2D eigenvalue weighted by atomic mass is 16.3. The van der Waals surface area contributed by atoms with E-state index < -0.39 is 0 Å². The molecule has 5 heteroatoms. The average Bonchev–Trinajstić information content (AvgIpc) is 3.01. The molecule has 2 aromatic heterocycles. The lowest BCUT2D eigenvalue weighted by Gasteiger charge is -2.41. The normalized spacial score (nSPS) is 13.5. The molecule has 1 aliphatic heterocycles. The van der Waals surface area contributed by atoms with Crippen molar-refractivity contribution in [3.8, 4) is 28.1 Å². The minimum absolute atomic E-state index is 0.191. The van der Waals surface area contributed by atoms with Crippen molar-refractivity contribution in [2.75, 3.05) is 23.9 Å². The molecular formula is C37H32N4O. The lowest BCUT2D eigenvalue weighted by atomic mass is 9.73. The van der Waals surface area contributed by atoms with Gasteiger partial charge in [0.05, 0.1) is 22.8 Å². The summed E-state index contributed by atoms with van der Waals surface area (Å²) in [6.07, 6.45) is 1.89. The van der Waals surface area contributed by atoms with Crippen LogP contribution in [0.1, 0.15) is 25.0 Å². The zero-order chi connectivity index (χ0) is 29.0. The van der Waals surface area contributed by atoms with E-state index in [4.69, 9.17) is 9.97 Å². The molecule has 0 fully saturated rings. The molecule has 206 valence electrons. The van der Waals surface area contributed by atoms with Gasteiger partial charge in [-0.25, -0.2) is 9.97 Å². The fourth-order valence-electron chi connectivity index (χ4n) is 6.16. The van der Waals surface area contributed by atoms with Gasteiger partial charge in [-0.2, -0.15) is 0 Å². The third kappa shape index (κ3) is 4.08. The minimum Gasteiger partial charge on any atom is -0.504 e. The van der Waals surface area contributed by atoms with E-state index in [0.717, 1.165) is 50.7 Å². The van der Waals surface area contributed by atoms with Crippen molar-refractivity contribution in [3.05, 3.63) is 127 Å². The Balaban J connectivity index is 1.43. The molecule has 1 N–H and O–H groups in total. The van der Waals surface area contributed by atoms with E-state index in [1.54, 1.807) is 0 Å². The smallest absolute Gasteiger partial charge is 0.165 e. The van der Waals surface area contributed by atoms with E-state index in [0.29, 0.717) is 5.52 Å². The molecule has 0 saturated carbocycles. The van der Waals surface area contributed by atoms with Gasteiger partial charge in [-0.15, -0.1) is 0 Å². The molecule has 5 nitrogen and oxygen atoms in total. The van der Waals surface area contributed by atoms with Crippen molar-refractivity contribution in [1.82, 2.24) is 9.97 Å². The average molecular weight is 549 g/mol. The summed E-state index contributed by atoms with van der Waals surface area (Å²) in [4.78, 5) is 14.0. The third-order valence-electron chi connectivity index (χ3n) is 8.40. The highest BCUT2D eigenvalue weighted by Crippen LogP contribution is 2.52. The molecule has 3 heterocycles. The number of rotatable bonds is 4. The van der Waals surface area contributed by atoms with Crippen LogP contribution in [0.5, 0.6) is 5.75 Å². The number of phenolic OH excluding ortho intramolecular Hbond substituents is 1. The fraction of sp³-hybridized carbons (Fsp3) is 0.135. The Morgan fingerprint density at radius 2 is 1.43 bits per heavy atom. The second-order valence-corrected chi connectivity index (χ2v) is 11.6. The summed E-state index contributed by atoms with van der Waals surface area (Å²) in [5, 5.41) is 12.0. The summed E-state index contributed by atoms with van der Waals surface area (Å²) >= 11 is 0. The largest absolute Gasteiger partial charge is 0.504 e. The van der Waals surface area contributed by atoms with Crippen LogP contribution in [0, 0.1) is 0 Å². The molecule has 0 unspecified atom stereocenters. The van der Waals surface area contributed by atoms with Gasteiger partial charge < -0.3 is 10.0 Å². The van der Waals surface area contributed by atoms with Gasteiger partial charge in [0.15, 0.2) is 5.75 Å². The van der Waals surface area contributed by atoms with Crippen molar-refractivity contribution in [2.24, 2.45) is 0 Å². The Labute approximate surface area is 246 Å². The summed E-state index contributed by atoms with van der Waals surface area (Å²) in [6.45, 7) is 4.56. The first-order valence-corrected chi connectivity index (χ1v) is 14.2. The number of nitrogens with zero attached hydrogens (tertiary/aromatic N) is 4. The molecule has 0 bridgehead atoms. The van der Waals surface area contributed by atoms with Gasteiger partial charge in [0.2, 0.25) is 0 Å². The molecule has 42 heavy (non-hydrogen) atoms. The van der Waals surface area contributed by atoms with Crippen LogP contribution in [-0.2, 0) is 5.41 Å². The second-order valence-electron chi connectivity index (χ2n) is 11.6. The van der Waals surface area contributed by atoms with Gasteiger partial charge in [-0.3, -0.25) is 4.90 Å². The second kappa shape index (κ2) is 9.74. The van der Waals surface area contributed by atoms with E-state index in [2.05, 4.69) is 97.6 Å². The van der Waals surface area contributed by atoms with Crippen LogP contribution in [0.2, 0.25) is 0 Å². The standard InChI is InChI=1S/C37H32N4O/c1-37(2)28-12-8-9-13-31(28)41(34-23-26(20-21-38-34)24-10-6-5-7-11-24)33-22-27(14-17-29(33)37)30-18-15-25-16-19-32(40(3)4)36(42)35(25)39-30/h5-23,42H,1-4H3. The Morgan fingerprint density at radius 1 is 0.690 bits per heavy atom. The summed E-state index contributed by atoms with van der Waals surface area (Å²) < 4.78 is 0. The number of hydrogen-bond acceptors (Lipinski definition) is 5. The molecule has 4 aromatic carbocycles. The highest BCUT2D eigenvalue weighted by Gasteiger charge is 2.37. The number of fused-ring (bicyclic) bond motifs is 3. The lowest BCUT2D eigenvalue weighted by molar-refractivity contribution is 0.480. The Kier molecular flexibility index (Phi) is 5.98. The van der Waals surface area contributed by atoms with Crippen molar-refractivity contribution >= 4 is 33.8 Å². The first kappa shape index (κ1) is 25.8.